The van der Waals surface area contributed by atoms with Crippen LogP contribution in [0.3, 0.4) is 0 Å². The second kappa shape index (κ2) is 6.82. The van der Waals surface area contributed by atoms with Gasteiger partial charge in [0.25, 0.3) is 0 Å². The lowest BCUT2D eigenvalue weighted by Gasteiger charge is -2.34. The Morgan fingerprint density at radius 1 is 1.32 bits per heavy atom. The third-order valence-electron chi connectivity index (χ3n) is 4.53. The maximum atomic E-state index is 9.69. The summed E-state index contributed by atoms with van der Waals surface area (Å²) < 4.78 is 0. The SMILES string of the molecule is CC1CCCC(SC(C)CC(C)(CO)NC2CC2)C1. The minimum atomic E-state index is -0.0755. The summed E-state index contributed by atoms with van der Waals surface area (Å²) in [4.78, 5) is 0. The zero-order valence-corrected chi connectivity index (χ0v) is 13.6. The predicted molar refractivity (Wildman–Crippen MR) is 84.7 cm³/mol. The highest BCUT2D eigenvalue weighted by atomic mass is 32.2. The van der Waals surface area contributed by atoms with Crippen LogP contribution in [0, 0.1) is 5.92 Å². The van der Waals surface area contributed by atoms with Crippen molar-refractivity contribution < 1.29 is 5.11 Å². The van der Waals surface area contributed by atoms with E-state index in [2.05, 4.69) is 37.8 Å². The smallest absolute Gasteiger partial charge is 0.0611 e. The first-order valence-electron chi connectivity index (χ1n) is 8.05. The number of aliphatic hydroxyl groups is 1. The summed E-state index contributed by atoms with van der Waals surface area (Å²) in [7, 11) is 0. The molecule has 4 unspecified atom stereocenters. The van der Waals surface area contributed by atoms with Gasteiger partial charge in [0, 0.05) is 22.1 Å². The molecule has 0 aromatic carbocycles. The van der Waals surface area contributed by atoms with Gasteiger partial charge in [0.1, 0.15) is 0 Å². The van der Waals surface area contributed by atoms with Crippen LogP contribution in [0.25, 0.3) is 0 Å². The minimum absolute atomic E-state index is 0.0755. The first kappa shape index (κ1) is 15.7. The van der Waals surface area contributed by atoms with Gasteiger partial charge in [-0.25, -0.2) is 0 Å². The monoisotopic (exact) mass is 285 g/mol. The Morgan fingerprint density at radius 2 is 2.05 bits per heavy atom. The van der Waals surface area contributed by atoms with Crippen LogP contribution in [0.5, 0.6) is 0 Å². The summed E-state index contributed by atoms with van der Waals surface area (Å²) in [5.41, 5.74) is -0.0755. The maximum absolute atomic E-state index is 9.69. The zero-order chi connectivity index (χ0) is 13.9. The van der Waals surface area contributed by atoms with Crippen LogP contribution in [-0.4, -0.2) is 33.8 Å². The van der Waals surface area contributed by atoms with Crippen molar-refractivity contribution in [3.8, 4) is 0 Å². The molecule has 0 aromatic heterocycles. The van der Waals surface area contributed by atoms with Crippen molar-refractivity contribution in [3.63, 3.8) is 0 Å². The fourth-order valence-electron chi connectivity index (χ4n) is 3.40. The predicted octanol–water partition coefficient (Wildman–Crippen LogP) is 3.58. The molecule has 0 spiro atoms. The number of hydrogen-bond acceptors (Lipinski definition) is 3. The van der Waals surface area contributed by atoms with Gasteiger partial charge in [-0.15, -0.1) is 0 Å². The maximum Gasteiger partial charge on any atom is 0.0611 e. The molecule has 3 heteroatoms. The number of aliphatic hydroxyl groups excluding tert-OH is 1. The average Bonchev–Trinajstić information content (AvgIpc) is 3.12. The molecule has 4 atom stereocenters. The molecular formula is C16H31NOS. The van der Waals surface area contributed by atoms with Gasteiger partial charge in [0.05, 0.1) is 6.61 Å². The van der Waals surface area contributed by atoms with Crippen molar-refractivity contribution in [2.75, 3.05) is 6.61 Å². The fraction of sp³-hybridized carbons (Fsp3) is 1.00. The van der Waals surface area contributed by atoms with Gasteiger partial charge in [0.15, 0.2) is 0 Å². The Labute approximate surface area is 123 Å². The van der Waals surface area contributed by atoms with E-state index in [1.807, 2.05) is 0 Å². The molecule has 19 heavy (non-hydrogen) atoms. The standard InChI is InChI=1S/C16H31NOS/c1-12-5-4-6-15(9-12)19-13(2)10-16(3,11-18)17-14-7-8-14/h12-15,17-18H,4-11H2,1-3H3. The van der Waals surface area contributed by atoms with Crippen molar-refractivity contribution in [2.45, 2.75) is 87.8 Å². The summed E-state index contributed by atoms with van der Waals surface area (Å²) in [6, 6.07) is 0.670. The highest BCUT2D eigenvalue weighted by Crippen LogP contribution is 2.36. The second-order valence-corrected chi connectivity index (χ2v) is 8.93. The van der Waals surface area contributed by atoms with Crippen LogP contribution in [0.4, 0.5) is 0 Å². The Morgan fingerprint density at radius 3 is 2.63 bits per heavy atom. The van der Waals surface area contributed by atoms with Crippen LogP contribution in [0.2, 0.25) is 0 Å². The summed E-state index contributed by atoms with van der Waals surface area (Å²) in [6.45, 7) is 7.18. The largest absolute Gasteiger partial charge is 0.394 e. The number of thioether (sulfide) groups is 1. The lowest BCUT2D eigenvalue weighted by atomic mass is 9.90. The van der Waals surface area contributed by atoms with Gasteiger partial charge in [0.2, 0.25) is 0 Å². The molecule has 0 aliphatic heterocycles. The second-order valence-electron chi connectivity index (χ2n) is 7.18. The zero-order valence-electron chi connectivity index (χ0n) is 12.8. The van der Waals surface area contributed by atoms with Crippen LogP contribution in [0.1, 0.15) is 65.7 Å². The fourth-order valence-corrected chi connectivity index (χ4v) is 5.27. The topological polar surface area (TPSA) is 32.3 Å². The molecular weight excluding hydrogens is 254 g/mol. The molecule has 0 heterocycles. The minimum Gasteiger partial charge on any atom is -0.394 e. The average molecular weight is 285 g/mol. The molecule has 0 radical (unpaired) electrons. The molecule has 0 aromatic rings. The summed E-state index contributed by atoms with van der Waals surface area (Å²) in [5, 5.41) is 14.8. The molecule has 0 amide bonds. The van der Waals surface area contributed by atoms with Crippen molar-refractivity contribution in [1.82, 2.24) is 5.32 Å². The Bertz CT molecular complexity index is 282. The summed E-state index contributed by atoms with van der Waals surface area (Å²) in [5.74, 6) is 0.910. The molecule has 0 bridgehead atoms. The van der Waals surface area contributed by atoms with Crippen LogP contribution in [-0.2, 0) is 0 Å². The van der Waals surface area contributed by atoms with E-state index in [0.717, 1.165) is 17.6 Å². The molecule has 0 saturated heterocycles. The van der Waals surface area contributed by atoms with Crippen LogP contribution in [0.15, 0.2) is 0 Å². The number of nitrogens with one attached hydrogen (secondary N) is 1. The molecule has 2 aliphatic rings. The first-order chi connectivity index (χ1) is 9.00. The van der Waals surface area contributed by atoms with Crippen molar-refractivity contribution in [3.05, 3.63) is 0 Å². The summed E-state index contributed by atoms with van der Waals surface area (Å²) in [6.07, 6.45) is 9.27. The quantitative estimate of drug-likeness (QED) is 0.750. The van der Waals surface area contributed by atoms with Gasteiger partial charge in [-0.1, -0.05) is 26.7 Å². The number of hydrogen-bond donors (Lipinski definition) is 2. The van der Waals surface area contributed by atoms with Crippen LogP contribution >= 0.6 is 11.8 Å². The van der Waals surface area contributed by atoms with Gasteiger partial charge in [-0.2, -0.15) is 11.8 Å². The Kier molecular flexibility index (Phi) is 5.62. The highest BCUT2D eigenvalue weighted by molar-refractivity contribution is 8.00. The van der Waals surface area contributed by atoms with E-state index in [9.17, 15) is 5.11 Å². The third kappa shape index (κ3) is 5.28. The van der Waals surface area contributed by atoms with E-state index < -0.39 is 0 Å². The van der Waals surface area contributed by atoms with E-state index in [4.69, 9.17) is 0 Å². The molecule has 112 valence electrons. The van der Waals surface area contributed by atoms with E-state index in [1.165, 1.54) is 38.5 Å². The normalized spacial score (nSPS) is 32.8. The van der Waals surface area contributed by atoms with Crippen LogP contribution < -0.4 is 5.32 Å². The highest BCUT2D eigenvalue weighted by Gasteiger charge is 2.34. The lowest BCUT2D eigenvalue weighted by Crippen LogP contribution is -2.48. The molecule has 2 N–H and O–H groups in total. The Hall–Kier alpha value is 0.270. The molecule has 2 saturated carbocycles. The van der Waals surface area contributed by atoms with Gasteiger partial charge in [-0.05, 0) is 44.9 Å². The number of rotatable bonds is 7. The molecule has 2 rings (SSSR count). The first-order valence-corrected chi connectivity index (χ1v) is 8.99. The lowest BCUT2D eigenvalue weighted by molar-refractivity contribution is 0.164. The molecule has 2 nitrogen and oxygen atoms in total. The molecule has 2 aliphatic carbocycles. The van der Waals surface area contributed by atoms with E-state index >= 15 is 0 Å². The summed E-state index contributed by atoms with van der Waals surface area (Å²) >= 11 is 2.16. The Balaban J connectivity index is 1.76. The molecule has 2 fully saturated rings. The third-order valence-corrected chi connectivity index (χ3v) is 5.97. The van der Waals surface area contributed by atoms with Gasteiger partial charge >= 0.3 is 0 Å². The van der Waals surface area contributed by atoms with Gasteiger partial charge in [-0.3, -0.25) is 0 Å². The van der Waals surface area contributed by atoms with Crippen molar-refractivity contribution in [1.29, 1.82) is 0 Å². The van der Waals surface area contributed by atoms with E-state index in [-0.39, 0.29) is 12.1 Å². The van der Waals surface area contributed by atoms with E-state index in [1.54, 1.807) is 0 Å². The van der Waals surface area contributed by atoms with Crippen molar-refractivity contribution in [2.24, 2.45) is 5.92 Å². The van der Waals surface area contributed by atoms with E-state index in [0.29, 0.717) is 11.3 Å². The van der Waals surface area contributed by atoms with Crippen molar-refractivity contribution >= 4 is 11.8 Å². The van der Waals surface area contributed by atoms with Gasteiger partial charge < -0.3 is 10.4 Å².